The van der Waals surface area contributed by atoms with E-state index in [2.05, 4.69) is 5.16 Å². The highest BCUT2D eigenvalue weighted by molar-refractivity contribution is 7.99. The number of carbonyl (C=O) groups excluding carboxylic acids is 1. The SMILES string of the molecule is Cc1noc(C(=O)N2CCCCCC2)c1Sc1ccccc1. The second-order valence-corrected chi connectivity index (χ2v) is 6.63. The third kappa shape index (κ3) is 3.35. The fraction of sp³-hybridized carbons (Fsp3) is 0.412. The molecule has 0 N–H and O–H groups in total. The zero-order valence-corrected chi connectivity index (χ0v) is 13.6. The molecule has 4 nitrogen and oxygen atoms in total. The summed E-state index contributed by atoms with van der Waals surface area (Å²) in [5.41, 5.74) is 0.770. The van der Waals surface area contributed by atoms with E-state index in [4.69, 9.17) is 4.52 Å². The topological polar surface area (TPSA) is 46.3 Å². The summed E-state index contributed by atoms with van der Waals surface area (Å²) in [6, 6.07) is 10.0. The summed E-state index contributed by atoms with van der Waals surface area (Å²) in [7, 11) is 0. The van der Waals surface area contributed by atoms with E-state index in [0.29, 0.717) is 5.76 Å². The van der Waals surface area contributed by atoms with Crippen LogP contribution in [0.3, 0.4) is 0 Å². The molecule has 1 amide bonds. The van der Waals surface area contributed by atoms with Crippen molar-refractivity contribution in [3.63, 3.8) is 0 Å². The van der Waals surface area contributed by atoms with Crippen LogP contribution in [-0.2, 0) is 0 Å². The number of aromatic nitrogens is 1. The van der Waals surface area contributed by atoms with Crippen molar-refractivity contribution in [1.82, 2.24) is 10.1 Å². The van der Waals surface area contributed by atoms with Gasteiger partial charge in [-0.2, -0.15) is 0 Å². The fourth-order valence-corrected chi connectivity index (χ4v) is 3.57. The lowest BCUT2D eigenvalue weighted by Gasteiger charge is -2.18. The Labute approximate surface area is 134 Å². The number of hydrogen-bond donors (Lipinski definition) is 0. The predicted octanol–water partition coefficient (Wildman–Crippen LogP) is 4.15. The molecule has 2 heterocycles. The van der Waals surface area contributed by atoms with Crippen molar-refractivity contribution in [3.05, 3.63) is 41.8 Å². The first-order chi connectivity index (χ1) is 10.8. The van der Waals surface area contributed by atoms with E-state index in [1.165, 1.54) is 12.8 Å². The molecule has 3 rings (SSSR count). The van der Waals surface area contributed by atoms with Gasteiger partial charge < -0.3 is 9.42 Å². The smallest absolute Gasteiger partial charge is 0.293 e. The zero-order chi connectivity index (χ0) is 15.4. The number of likely N-dealkylation sites (tertiary alicyclic amines) is 1. The van der Waals surface area contributed by atoms with Gasteiger partial charge in [-0.25, -0.2) is 0 Å². The molecule has 0 unspecified atom stereocenters. The Hall–Kier alpha value is -1.75. The third-order valence-corrected chi connectivity index (χ3v) is 5.05. The van der Waals surface area contributed by atoms with Crippen LogP contribution in [0.2, 0.25) is 0 Å². The highest BCUT2D eigenvalue weighted by atomic mass is 32.2. The first-order valence-corrected chi connectivity index (χ1v) is 8.56. The van der Waals surface area contributed by atoms with E-state index >= 15 is 0 Å². The lowest BCUT2D eigenvalue weighted by atomic mass is 10.2. The minimum absolute atomic E-state index is 0.0269. The molecule has 1 saturated heterocycles. The molecular formula is C17H20N2O2S. The van der Waals surface area contributed by atoms with Crippen LogP contribution in [0.1, 0.15) is 41.9 Å². The van der Waals surface area contributed by atoms with Crippen LogP contribution in [0, 0.1) is 6.92 Å². The molecule has 5 heteroatoms. The number of hydrogen-bond acceptors (Lipinski definition) is 4. The maximum atomic E-state index is 12.8. The van der Waals surface area contributed by atoms with E-state index in [1.54, 1.807) is 11.8 Å². The number of amides is 1. The number of nitrogens with zero attached hydrogens (tertiary/aromatic N) is 2. The van der Waals surface area contributed by atoms with E-state index < -0.39 is 0 Å². The summed E-state index contributed by atoms with van der Waals surface area (Å²) in [5.74, 6) is 0.356. The molecule has 22 heavy (non-hydrogen) atoms. The molecule has 0 spiro atoms. The van der Waals surface area contributed by atoms with Crippen molar-refractivity contribution in [3.8, 4) is 0 Å². The van der Waals surface area contributed by atoms with Crippen molar-refractivity contribution in [2.45, 2.75) is 42.4 Å². The van der Waals surface area contributed by atoms with Crippen LogP contribution in [0.4, 0.5) is 0 Å². The summed E-state index contributed by atoms with van der Waals surface area (Å²) in [4.78, 5) is 16.6. The Kier molecular flexibility index (Phi) is 4.83. The molecule has 1 aliphatic heterocycles. The monoisotopic (exact) mass is 316 g/mol. The summed E-state index contributed by atoms with van der Waals surface area (Å²) >= 11 is 1.54. The fourth-order valence-electron chi connectivity index (χ4n) is 2.64. The van der Waals surface area contributed by atoms with Crippen LogP contribution in [0.25, 0.3) is 0 Å². The number of aryl methyl sites for hydroxylation is 1. The summed E-state index contributed by atoms with van der Waals surface area (Å²) in [6.07, 6.45) is 4.54. The molecule has 1 aliphatic rings. The largest absolute Gasteiger partial charge is 0.349 e. The van der Waals surface area contributed by atoms with Gasteiger partial charge in [-0.1, -0.05) is 48.0 Å². The van der Waals surface area contributed by atoms with Gasteiger partial charge >= 0.3 is 0 Å². The predicted molar refractivity (Wildman–Crippen MR) is 86.2 cm³/mol. The van der Waals surface area contributed by atoms with Crippen LogP contribution in [-0.4, -0.2) is 29.1 Å². The van der Waals surface area contributed by atoms with Crippen molar-refractivity contribution in [2.75, 3.05) is 13.1 Å². The quantitative estimate of drug-likeness (QED) is 0.853. The molecule has 0 saturated carbocycles. The van der Waals surface area contributed by atoms with Gasteiger partial charge in [-0.05, 0) is 31.9 Å². The van der Waals surface area contributed by atoms with Gasteiger partial charge in [0.15, 0.2) is 0 Å². The second-order valence-electron chi connectivity index (χ2n) is 5.55. The first-order valence-electron chi connectivity index (χ1n) is 7.74. The average Bonchev–Trinajstić information content (AvgIpc) is 2.77. The Balaban J connectivity index is 1.83. The molecule has 0 bridgehead atoms. The Bertz CT molecular complexity index is 631. The van der Waals surface area contributed by atoms with E-state index in [-0.39, 0.29) is 5.91 Å². The minimum Gasteiger partial charge on any atom is -0.349 e. The number of benzene rings is 1. The third-order valence-electron chi connectivity index (χ3n) is 3.86. The number of rotatable bonds is 3. The molecule has 2 aromatic rings. The minimum atomic E-state index is -0.0269. The summed E-state index contributed by atoms with van der Waals surface area (Å²) < 4.78 is 5.36. The van der Waals surface area contributed by atoms with Gasteiger partial charge in [0.05, 0.1) is 10.6 Å². The van der Waals surface area contributed by atoms with Gasteiger partial charge in [-0.15, -0.1) is 0 Å². The lowest BCUT2D eigenvalue weighted by molar-refractivity contribution is 0.0715. The van der Waals surface area contributed by atoms with Crippen molar-refractivity contribution < 1.29 is 9.32 Å². The maximum Gasteiger partial charge on any atom is 0.293 e. The van der Waals surface area contributed by atoms with E-state index in [1.807, 2.05) is 42.2 Å². The van der Waals surface area contributed by atoms with Gasteiger partial charge in [0.25, 0.3) is 5.91 Å². The first kappa shape index (κ1) is 15.2. The maximum absolute atomic E-state index is 12.8. The van der Waals surface area contributed by atoms with Crippen molar-refractivity contribution in [1.29, 1.82) is 0 Å². The highest BCUT2D eigenvalue weighted by Gasteiger charge is 2.26. The van der Waals surface area contributed by atoms with Gasteiger partial charge in [0.2, 0.25) is 5.76 Å². The molecule has 1 aromatic carbocycles. The Morgan fingerprint density at radius 2 is 1.82 bits per heavy atom. The standard InChI is InChI=1S/C17H20N2O2S/c1-13-16(22-14-9-5-4-6-10-14)15(21-18-13)17(20)19-11-7-2-3-8-12-19/h4-6,9-10H,2-3,7-8,11-12H2,1H3. The Morgan fingerprint density at radius 3 is 2.50 bits per heavy atom. The van der Waals surface area contributed by atoms with Gasteiger partial charge in [-0.3, -0.25) is 4.79 Å². The van der Waals surface area contributed by atoms with E-state index in [9.17, 15) is 4.79 Å². The summed E-state index contributed by atoms with van der Waals surface area (Å²) in [5, 5.41) is 4.01. The average molecular weight is 316 g/mol. The molecule has 0 radical (unpaired) electrons. The lowest BCUT2D eigenvalue weighted by Crippen LogP contribution is -2.31. The van der Waals surface area contributed by atoms with Crippen LogP contribution in [0.15, 0.2) is 44.6 Å². The normalized spacial score (nSPS) is 15.6. The molecule has 1 aromatic heterocycles. The zero-order valence-electron chi connectivity index (χ0n) is 12.7. The van der Waals surface area contributed by atoms with Crippen molar-refractivity contribution in [2.24, 2.45) is 0 Å². The van der Waals surface area contributed by atoms with Crippen LogP contribution < -0.4 is 0 Å². The second kappa shape index (κ2) is 7.01. The van der Waals surface area contributed by atoms with Crippen LogP contribution in [0.5, 0.6) is 0 Å². The molecule has 0 aliphatic carbocycles. The van der Waals surface area contributed by atoms with Crippen molar-refractivity contribution >= 4 is 17.7 Å². The van der Waals surface area contributed by atoms with Crippen LogP contribution >= 0.6 is 11.8 Å². The molecule has 0 atom stereocenters. The molecular weight excluding hydrogens is 296 g/mol. The Morgan fingerprint density at radius 1 is 1.14 bits per heavy atom. The number of carbonyl (C=O) groups is 1. The summed E-state index contributed by atoms with van der Waals surface area (Å²) in [6.45, 7) is 3.51. The highest BCUT2D eigenvalue weighted by Crippen LogP contribution is 2.33. The van der Waals surface area contributed by atoms with E-state index in [0.717, 1.165) is 41.4 Å². The van der Waals surface area contributed by atoms with Gasteiger partial charge in [0, 0.05) is 18.0 Å². The van der Waals surface area contributed by atoms with Gasteiger partial charge in [0.1, 0.15) is 0 Å². The molecule has 116 valence electrons. The molecule has 1 fully saturated rings.